The molecule has 1 aromatic heterocycles. The van der Waals surface area contributed by atoms with Crippen molar-refractivity contribution in [1.82, 2.24) is 20.1 Å². The molecule has 1 aromatic rings. The van der Waals surface area contributed by atoms with Crippen LogP contribution in [0.15, 0.2) is 21.8 Å². The Bertz CT molecular complexity index is 1280. The molecule has 2 aliphatic heterocycles. The molecule has 3 atom stereocenters. The van der Waals surface area contributed by atoms with Crippen molar-refractivity contribution in [2.75, 3.05) is 32.2 Å². The topological polar surface area (TPSA) is 223 Å². The highest BCUT2D eigenvalue weighted by Crippen LogP contribution is 2.48. The number of carboxylic acids is 1. The van der Waals surface area contributed by atoms with Crippen LogP contribution in [0.25, 0.3) is 0 Å². The number of carbonyl (C=O) groups excluding carboxylic acids is 4. The number of aliphatic carboxylic acids is 1. The number of carbonyl (C=O) groups is 5. The molecule has 3 rings (SSSR count). The fourth-order valence-corrected chi connectivity index (χ4v) is 6.03. The number of aromatic nitrogens is 1. The van der Waals surface area contributed by atoms with Gasteiger partial charge >= 0.3 is 18.2 Å². The van der Waals surface area contributed by atoms with Crippen LogP contribution in [0.5, 0.6) is 0 Å². The van der Waals surface area contributed by atoms with E-state index in [0.717, 1.165) is 32.9 Å². The minimum atomic E-state index is -2.01. The second-order valence-electron chi connectivity index (χ2n) is 9.06. The van der Waals surface area contributed by atoms with E-state index in [0.29, 0.717) is 0 Å². The second-order valence-corrected chi connectivity index (χ2v) is 11.0. The molecule has 0 aliphatic carbocycles. The van der Waals surface area contributed by atoms with Gasteiger partial charge in [-0.1, -0.05) is 5.16 Å². The largest absolute Gasteiger partial charge is 0.508 e. The number of carboxylic acid groups (broad SMARTS) is 1. The predicted octanol–water partition coefficient (Wildman–Crippen LogP) is 0.661. The predicted molar refractivity (Wildman–Crippen MR) is 141 cm³/mol. The molecule has 1 saturated heterocycles. The lowest BCUT2D eigenvalue weighted by Gasteiger charge is -2.58. The number of thiazole rings is 1. The van der Waals surface area contributed by atoms with Gasteiger partial charge in [-0.25, -0.2) is 19.4 Å². The first-order valence-corrected chi connectivity index (χ1v) is 13.5. The van der Waals surface area contributed by atoms with Crippen LogP contribution in [0, 0.1) is 0 Å². The van der Waals surface area contributed by atoms with E-state index < -0.39 is 71.2 Å². The highest BCUT2D eigenvalue weighted by atomic mass is 32.2. The minimum absolute atomic E-state index is 0.0128. The van der Waals surface area contributed by atoms with E-state index in [4.69, 9.17) is 19.9 Å². The molecule has 0 saturated carbocycles. The summed E-state index contributed by atoms with van der Waals surface area (Å²) in [5.41, 5.74) is 2.64. The summed E-state index contributed by atoms with van der Waals surface area (Å²) in [5, 5.41) is 25.3. The molecular weight excluding hydrogens is 572 g/mol. The van der Waals surface area contributed by atoms with E-state index in [9.17, 15) is 34.3 Å². The minimum Gasteiger partial charge on any atom is -0.477 e. The van der Waals surface area contributed by atoms with Gasteiger partial charge in [0.1, 0.15) is 29.5 Å². The maximum Gasteiger partial charge on any atom is 0.508 e. The van der Waals surface area contributed by atoms with Crippen LogP contribution in [0.4, 0.5) is 14.7 Å². The van der Waals surface area contributed by atoms with E-state index in [1.807, 2.05) is 0 Å². The third kappa shape index (κ3) is 5.76. The van der Waals surface area contributed by atoms with E-state index in [2.05, 4.69) is 15.5 Å². The summed E-state index contributed by atoms with van der Waals surface area (Å²) in [6.07, 6.45) is -3.78. The van der Waals surface area contributed by atoms with Crippen molar-refractivity contribution in [2.24, 2.45) is 5.16 Å². The third-order valence-electron chi connectivity index (χ3n) is 5.77. The van der Waals surface area contributed by atoms with E-state index in [1.54, 1.807) is 13.8 Å². The van der Waals surface area contributed by atoms with E-state index in [1.165, 1.54) is 26.4 Å². The van der Waals surface area contributed by atoms with Gasteiger partial charge in [0, 0.05) is 30.8 Å². The normalized spacial score (nSPS) is 21.2. The van der Waals surface area contributed by atoms with E-state index >= 15 is 0 Å². The van der Waals surface area contributed by atoms with Crippen molar-refractivity contribution < 1.29 is 48.5 Å². The zero-order valence-corrected chi connectivity index (χ0v) is 23.7. The van der Waals surface area contributed by atoms with Gasteiger partial charge in [0.15, 0.2) is 16.4 Å². The molecule has 3 heterocycles. The number of nitrogen functional groups attached to an aromatic ring is 1. The molecule has 5 N–H and O–H groups in total. The molecule has 0 aromatic carbocycles. The second kappa shape index (κ2) is 12.0. The number of hydrogen-bond acceptors (Lipinski definition) is 14. The zero-order chi connectivity index (χ0) is 29.9. The van der Waals surface area contributed by atoms with Crippen molar-refractivity contribution in [2.45, 2.75) is 43.9 Å². The molecule has 0 spiro atoms. The summed E-state index contributed by atoms with van der Waals surface area (Å²) in [7, 11) is 2.90. The van der Waals surface area contributed by atoms with Crippen LogP contribution in [0.1, 0.15) is 26.5 Å². The Morgan fingerprint density at radius 2 is 1.98 bits per heavy atom. The van der Waals surface area contributed by atoms with Gasteiger partial charge < -0.3 is 40.5 Å². The lowest BCUT2D eigenvalue weighted by Crippen LogP contribution is -2.84. The lowest BCUT2D eigenvalue weighted by atomic mass is 9.81. The zero-order valence-electron chi connectivity index (χ0n) is 22.1. The number of rotatable bonds is 9. The molecule has 0 radical (unpaired) electrons. The van der Waals surface area contributed by atoms with Crippen LogP contribution in [0.3, 0.4) is 0 Å². The molecule has 1 fully saturated rings. The van der Waals surface area contributed by atoms with Crippen LogP contribution in [0.2, 0.25) is 0 Å². The van der Waals surface area contributed by atoms with Crippen molar-refractivity contribution in [3.05, 3.63) is 22.3 Å². The molecular formula is C22H28N6O10S2. The first-order chi connectivity index (χ1) is 18.7. The summed E-state index contributed by atoms with van der Waals surface area (Å²) in [6, 6.07) is 0. The molecule has 0 bridgehead atoms. The molecule has 16 nitrogen and oxygen atoms in total. The number of fused-ring (bicyclic) bond motifs is 1. The molecule has 2 unspecified atom stereocenters. The number of anilines is 1. The number of ether oxygens (including phenoxy) is 3. The van der Waals surface area contributed by atoms with Crippen molar-refractivity contribution in [3.63, 3.8) is 0 Å². The first kappa shape index (κ1) is 30.5. The maximum absolute atomic E-state index is 13.8. The SMILES string of the molecule is CC(C)OC(=O)OC(C)C1(NC(=O)/C(=N\O)c2csc(N)n2)C(=O)N2C(C(=O)O)=C(COC(=O)N(C)C)CS[C@H]21. The highest BCUT2D eigenvalue weighted by Gasteiger charge is 2.69. The van der Waals surface area contributed by atoms with Crippen LogP contribution < -0.4 is 11.1 Å². The summed E-state index contributed by atoms with van der Waals surface area (Å²) >= 11 is 2.01. The number of nitrogens with zero attached hydrogens (tertiary/aromatic N) is 4. The van der Waals surface area contributed by atoms with Gasteiger partial charge in [-0.2, -0.15) is 0 Å². The smallest absolute Gasteiger partial charge is 0.477 e. The molecule has 218 valence electrons. The third-order valence-corrected chi connectivity index (χ3v) is 7.86. The number of nitrogens with one attached hydrogen (secondary N) is 1. The number of β-lactam (4-membered cyclic amide) rings is 1. The van der Waals surface area contributed by atoms with Gasteiger partial charge in [0.25, 0.3) is 11.8 Å². The average molecular weight is 601 g/mol. The van der Waals surface area contributed by atoms with Gasteiger partial charge in [-0.05, 0) is 20.8 Å². The quantitative estimate of drug-likeness (QED) is 0.101. The Morgan fingerprint density at radius 3 is 2.50 bits per heavy atom. The van der Waals surface area contributed by atoms with Gasteiger partial charge in [-0.15, -0.1) is 23.1 Å². The monoisotopic (exact) mass is 600 g/mol. The fourth-order valence-electron chi connectivity index (χ4n) is 3.94. The number of oxime groups is 1. The van der Waals surface area contributed by atoms with Crippen molar-refractivity contribution >= 4 is 64.0 Å². The Labute approximate surface area is 236 Å². The Hall–Kier alpha value is -4.06. The molecule has 18 heteroatoms. The van der Waals surface area contributed by atoms with Gasteiger partial charge in [0.05, 0.1) is 6.10 Å². The molecule has 3 amide bonds. The number of amides is 3. The van der Waals surface area contributed by atoms with Crippen LogP contribution >= 0.6 is 23.1 Å². The Balaban J connectivity index is 1.99. The van der Waals surface area contributed by atoms with Crippen LogP contribution in [-0.4, -0.2) is 110 Å². The van der Waals surface area contributed by atoms with Crippen LogP contribution in [-0.2, 0) is 28.6 Å². The Kier molecular flexibility index (Phi) is 9.14. The standard InChI is InChI=1S/C22H28N6O10S2/c1-9(2)37-21(34)38-10(3)22(25-15(29)13(26-35)12-8-40-19(23)24-12)17(32)28-14(16(30)31)11(7-39-18(22)28)6-36-20(33)27(4)5/h8-10,18,35H,6-7H2,1-5H3,(H2,23,24)(H,25,29)(H,30,31)/b26-13-/t10?,18-,22?/m0/s1. The average Bonchev–Trinajstić information content (AvgIpc) is 3.29. The number of thioether (sulfide) groups is 1. The summed E-state index contributed by atoms with van der Waals surface area (Å²) in [6.45, 7) is 4.08. The number of hydrogen-bond donors (Lipinski definition) is 4. The fraction of sp³-hybridized carbons (Fsp3) is 0.500. The molecule has 40 heavy (non-hydrogen) atoms. The summed E-state index contributed by atoms with van der Waals surface area (Å²) in [5.74, 6) is -3.49. The van der Waals surface area contributed by atoms with Gasteiger partial charge in [0.2, 0.25) is 0 Å². The van der Waals surface area contributed by atoms with Gasteiger partial charge in [-0.3, -0.25) is 14.5 Å². The van der Waals surface area contributed by atoms with Crippen molar-refractivity contribution in [1.29, 1.82) is 0 Å². The molecule has 2 aliphatic rings. The maximum atomic E-state index is 13.8. The van der Waals surface area contributed by atoms with E-state index in [-0.39, 0.29) is 22.2 Å². The first-order valence-electron chi connectivity index (χ1n) is 11.6. The lowest BCUT2D eigenvalue weighted by molar-refractivity contribution is -0.167. The summed E-state index contributed by atoms with van der Waals surface area (Å²) in [4.78, 5) is 69.5. The Morgan fingerprint density at radius 1 is 1.30 bits per heavy atom. The van der Waals surface area contributed by atoms with Crippen molar-refractivity contribution in [3.8, 4) is 0 Å². The number of nitrogens with two attached hydrogens (primary N) is 1. The summed E-state index contributed by atoms with van der Waals surface area (Å²) < 4.78 is 15.4. The highest BCUT2D eigenvalue weighted by molar-refractivity contribution is 8.00.